The van der Waals surface area contributed by atoms with Gasteiger partial charge in [-0.3, -0.25) is 4.79 Å². The summed E-state index contributed by atoms with van der Waals surface area (Å²) in [5.41, 5.74) is 2.86. The Bertz CT molecular complexity index is 668. The summed E-state index contributed by atoms with van der Waals surface area (Å²) in [5.74, 6) is 0.737. The third-order valence-corrected chi connectivity index (χ3v) is 5.59. The van der Waals surface area contributed by atoms with E-state index in [0.29, 0.717) is 12.1 Å². The molecule has 1 aromatic carbocycles. The van der Waals surface area contributed by atoms with Crippen LogP contribution in [0.2, 0.25) is 0 Å². The lowest BCUT2D eigenvalue weighted by Crippen LogP contribution is -2.47. The summed E-state index contributed by atoms with van der Waals surface area (Å²) < 4.78 is 5.82. The molecular formula is C22H34N4O2. The minimum Gasteiger partial charge on any atom is -0.378 e. The van der Waals surface area contributed by atoms with Crippen molar-refractivity contribution in [3.05, 3.63) is 35.4 Å². The topological polar surface area (TPSA) is 66.0 Å². The zero-order chi connectivity index (χ0) is 19.8. The summed E-state index contributed by atoms with van der Waals surface area (Å²) in [6.07, 6.45) is 8.02. The zero-order valence-electron chi connectivity index (χ0n) is 17.2. The number of benzene rings is 1. The average molecular weight is 387 g/mol. The van der Waals surface area contributed by atoms with Gasteiger partial charge in [-0.15, -0.1) is 0 Å². The van der Waals surface area contributed by atoms with E-state index in [1.165, 1.54) is 24.0 Å². The van der Waals surface area contributed by atoms with Crippen molar-refractivity contribution in [2.45, 2.75) is 57.1 Å². The fourth-order valence-corrected chi connectivity index (χ4v) is 3.84. The smallest absolute Gasteiger partial charge is 0.243 e. The Kier molecular flexibility index (Phi) is 7.71. The van der Waals surface area contributed by atoms with Crippen molar-refractivity contribution in [1.29, 1.82) is 0 Å². The summed E-state index contributed by atoms with van der Waals surface area (Å²) in [5, 5.41) is 6.98. The molecule has 1 aliphatic heterocycles. The highest BCUT2D eigenvalue weighted by atomic mass is 16.5. The lowest BCUT2D eigenvalue weighted by Gasteiger charge is -2.28. The first kappa shape index (κ1) is 20.6. The van der Waals surface area contributed by atoms with E-state index in [1.807, 2.05) is 0 Å². The predicted octanol–water partition coefficient (Wildman–Crippen LogP) is 2.13. The highest BCUT2D eigenvalue weighted by Gasteiger charge is 2.20. The van der Waals surface area contributed by atoms with Crippen LogP contribution in [0, 0.1) is 0 Å². The molecule has 1 aliphatic carbocycles. The minimum atomic E-state index is 0.00528. The Labute approximate surface area is 168 Å². The third kappa shape index (κ3) is 6.23. The SMILES string of the molecule is CN(C)C(=O)CN=C(NCCC1CCCCO1)NC1CCc2ccccc2C1. The maximum atomic E-state index is 12.0. The van der Waals surface area contributed by atoms with Crippen LogP contribution in [-0.4, -0.2) is 62.7 Å². The molecule has 0 radical (unpaired) electrons. The van der Waals surface area contributed by atoms with E-state index in [4.69, 9.17) is 4.74 Å². The van der Waals surface area contributed by atoms with Crippen molar-refractivity contribution in [3.8, 4) is 0 Å². The number of rotatable bonds is 6. The maximum Gasteiger partial charge on any atom is 0.243 e. The molecule has 0 bridgehead atoms. The van der Waals surface area contributed by atoms with Crippen molar-refractivity contribution in [2.75, 3.05) is 33.8 Å². The molecule has 1 aromatic rings. The number of ether oxygens (including phenoxy) is 1. The second kappa shape index (κ2) is 10.5. The summed E-state index contributed by atoms with van der Waals surface area (Å²) >= 11 is 0. The van der Waals surface area contributed by atoms with Gasteiger partial charge in [-0.2, -0.15) is 0 Å². The van der Waals surface area contributed by atoms with E-state index in [-0.39, 0.29) is 12.5 Å². The number of hydrogen-bond donors (Lipinski definition) is 2. The Morgan fingerprint density at radius 2 is 2.04 bits per heavy atom. The van der Waals surface area contributed by atoms with Crippen LogP contribution in [0.4, 0.5) is 0 Å². The number of likely N-dealkylation sites (N-methyl/N-ethyl adjacent to an activating group) is 1. The van der Waals surface area contributed by atoms with Crippen LogP contribution in [0.25, 0.3) is 0 Å². The number of hydrogen-bond acceptors (Lipinski definition) is 3. The number of nitrogens with one attached hydrogen (secondary N) is 2. The first-order valence-electron chi connectivity index (χ1n) is 10.5. The molecule has 3 rings (SSSR count). The van der Waals surface area contributed by atoms with E-state index >= 15 is 0 Å². The molecule has 2 N–H and O–H groups in total. The zero-order valence-corrected chi connectivity index (χ0v) is 17.2. The van der Waals surface area contributed by atoms with E-state index < -0.39 is 0 Å². The van der Waals surface area contributed by atoms with Gasteiger partial charge in [0.25, 0.3) is 0 Å². The molecule has 1 saturated heterocycles. The van der Waals surface area contributed by atoms with Crippen LogP contribution in [0.3, 0.4) is 0 Å². The molecule has 28 heavy (non-hydrogen) atoms. The summed E-state index contributed by atoms with van der Waals surface area (Å²) in [6.45, 7) is 1.84. The second-order valence-electron chi connectivity index (χ2n) is 8.01. The quantitative estimate of drug-likeness (QED) is 0.581. The summed E-state index contributed by atoms with van der Waals surface area (Å²) in [7, 11) is 3.52. The van der Waals surface area contributed by atoms with Gasteiger partial charge in [0.15, 0.2) is 5.96 Å². The standard InChI is InChI=1S/C22H34N4O2/c1-26(2)21(27)16-24-22(23-13-12-20-9-5-6-14-28-20)25-19-11-10-17-7-3-4-8-18(17)15-19/h3-4,7-8,19-20H,5-6,9-16H2,1-2H3,(H2,23,24,25). The molecule has 1 amide bonds. The van der Waals surface area contributed by atoms with Gasteiger partial charge in [0.1, 0.15) is 6.54 Å². The van der Waals surface area contributed by atoms with Crippen molar-refractivity contribution in [1.82, 2.24) is 15.5 Å². The molecule has 0 saturated carbocycles. The maximum absolute atomic E-state index is 12.0. The first-order valence-corrected chi connectivity index (χ1v) is 10.5. The minimum absolute atomic E-state index is 0.00528. The molecule has 1 heterocycles. The lowest BCUT2D eigenvalue weighted by atomic mass is 9.88. The number of carbonyl (C=O) groups is 1. The van der Waals surface area contributed by atoms with E-state index in [2.05, 4.69) is 39.9 Å². The van der Waals surface area contributed by atoms with E-state index in [9.17, 15) is 4.79 Å². The normalized spacial score (nSPS) is 22.3. The fourth-order valence-electron chi connectivity index (χ4n) is 3.84. The van der Waals surface area contributed by atoms with Crippen LogP contribution in [0.1, 0.15) is 43.2 Å². The first-order chi connectivity index (χ1) is 13.6. The lowest BCUT2D eigenvalue weighted by molar-refractivity contribution is -0.127. The van der Waals surface area contributed by atoms with Crippen LogP contribution in [0.5, 0.6) is 0 Å². The number of amides is 1. The van der Waals surface area contributed by atoms with Crippen molar-refractivity contribution in [2.24, 2.45) is 4.99 Å². The highest BCUT2D eigenvalue weighted by Crippen LogP contribution is 2.21. The van der Waals surface area contributed by atoms with Crippen molar-refractivity contribution < 1.29 is 9.53 Å². The second-order valence-corrected chi connectivity index (χ2v) is 8.01. The molecular weight excluding hydrogens is 352 g/mol. The summed E-state index contributed by atoms with van der Waals surface area (Å²) in [6, 6.07) is 8.99. The average Bonchev–Trinajstić information content (AvgIpc) is 2.72. The van der Waals surface area contributed by atoms with Crippen LogP contribution < -0.4 is 10.6 Å². The monoisotopic (exact) mass is 386 g/mol. The molecule has 2 aliphatic rings. The Balaban J connectivity index is 1.55. The van der Waals surface area contributed by atoms with Gasteiger partial charge in [-0.05, 0) is 56.1 Å². The highest BCUT2D eigenvalue weighted by molar-refractivity contribution is 5.85. The molecule has 2 atom stereocenters. The number of guanidine groups is 1. The van der Waals surface area contributed by atoms with Gasteiger partial charge < -0.3 is 20.3 Å². The van der Waals surface area contributed by atoms with Crippen LogP contribution in [0.15, 0.2) is 29.3 Å². The van der Waals surface area contributed by atoms with Crippen LogP contribution in [-0.2, 0) is 22.4 Å². The van der Waals surface area contributed by atoms with Crippen LogP contribution >= 0.6 is 0 Å². The van der Waals surface area contributed by atoms with E-state index in [0.717, 1.165) is 51.2 Å². The Morgan fingerprint density at radius 1 is 1.21 bits per heavy atom. The van der Waals surface area contributed by atoms with Gasteiger partial charge >= 0.3 is 0 Å². The number of aryl methyl sites for hydroxylation is 1. The molecule has 154 valence electrons. The molecule has 1 fully saturated rings. The van der Waals surface area contributed by atoms with Gasteiger partial charge in [0, 0.05) is 33.3 Å². The molecule has 0 spiro atoms. The van der Waals surface area contributed by atoms with E-state index in [1.54, 1.807) is 19.0 Å². The predicted molar refractivity (Wildman–Crippen MR) is 113 cm³/mol. The third-order valence-electron chi connectivity index (χ3n) is 5.59. The summed E-state index contributed by atoms with van der Waals surface area (Å²) in [4.78, 5) is 18.1. The molecule has 6 heteroatoms. The Hall–Kier alpha value is -2.08. The molecule has 2 unspecified atom stereocenters. The number of fused-ring (bicyclic) bond motifs is 1. The van der Waals surface area contributed by atoms with Crippen molar-refractivity contribution >= 4 is 11.9 Å². The number of nitrogens with zero attached hydrogens (tertiary/aromatic N) is 2. The van der Waals surface area contributed by atoms with Gasteiger partial charge in [0.05, 0.1) is 6.10 Å². The number of carbonyl (C=O) groups excluding carboxylic acids is 1. The van der Waals surface area contributed by atoms with Gasteiger partial charge in [0.2, 0.25) is 5.91 Å². The molecule has 0 aromatic heterocycles. The number of aliphatic imine (C=N–C) groups is 1. The van der Waals surface area contributed by atoms with Crippen molar-refractivity contribution in [3.63, 3.8) is 0 Å². The largest absolute Gasteiger partial charge is 0.378 e. The van der Waals surface area contributed by atoms with Gasteiger partial charge in [-0.25, -0.2) is 4.99 Å². The fraction of sp³-hybridized carbons (Fsp3) is 0.636. The van der Waals surface area contributed by atoms with Gasteiger partial charge in [-0.1, -0.05) is 24.3 Å². The Morgan fingerprint density at radius 3 is 2.79 bits per heavy atom. The molecule has 6 nitrogen and oxygen atoms in total.